The Morgan fingerprint density at radius 1 is 0.926 bits per heavy atom. The fraction of sp³-hybridized carbons (Fsp3) is 0.0952. The molecule has 2 aromatic carbocycles. The maximum Gasteiger partial charge on any atom is 0.257 e. The van der Waals surface area contributed by atoms with Crippen molar-refractivity contribution in [2.45, 2.75) is 13.8 Å². The summed E-state index contributed by atoms with van der Waals surface area (Å²) in [6, 6.07) is 14.0. The molecule has 6 heteroatoms. The standard InChI is InChI=1S/C21H18ClN3O2/c1-13-3-6-17(22)10-20(13)24-19-9-16(11-23-12-19)21(27)25-18-7-4-15(5-8-18)14(2)26/h3-12,24H,1-2H3,(H,25,27). The second-order valence-electron chi connectivity index (χ2n) is 6.13. The SMILES string of the molecule is CC(=O)c1ccc(NC(=O)c2cncc(Nc3cc(Cl)ccc3C)c2)cc1. The van der Waals surface area contributed by atoms with Gasteiger partial charge in [0.25, 0.3) is 5.91 Å². The summed E-state index contributed by atoms with van der Waals surface area (Å²) >= 11 is 6.04. The van der Waals surface area contributed by atoms with E-state index in [1.165, 1.54) is 13.1 Å². The van der Waals surface area contributed by atoms with Gasteiger partial charge in [0.05, 0.1) is 17.4 Å². The van der Waals surface area contributed by atoms with Crippen molar-refractivity contribution in [3.8, 4) is 0 Å². The number of amides is 1. The molecule has 0 bridgehead atoms. The smallest absolute Gasteiger partial charge is 0.257 e. The minimum absolute atomic E-state index is 0.0211. The lowest BCUT2D eigenvalue weighted by molar-refractivity contribution is 0.101. The first-order valence-corrected chi connectivity index (χ1v) is 8.71. The number of carbonyl (C=O) groups is 2. The fourth-order valence-electron chi connectivity index (χ4n) is 2.51. The maximum absolute atomic E-state index is 12.5. The predicted octanol–water partition coefficient (Wildman–Crippen LogP) is 5.24. The van der Waals surface area contributed by atoms with Crippen molar-refractivity contribution in [3.63, 3.8) is 0 Å². The first-order valence-electron chi connectivity index (χ1n) is 8.33. The van der Waals surface area contributed by atoms with Crippen LogP contribution in [0.15, 0.2) is 60.9 Å². The van der Waals surface area contributed by atoms with E-state index in [9.17, 15) is 9.59 Å². The number of pyridine rings is 1. The molecule has 0 aliphatic carbocycles. The number of anilines is 3. The first-order chi connectivity index (χ1) is 12.9. The van der Waals surface area contributed by atoms with Gasteiger partial charge in [0.2, 0.25) is 0 Å². The molecule has 1 amide bonds. The van der Waals surface area contributed by atoms with Crippen LogP contribution in [0, 0.1) is 6.92 Å². The molecule has 0 saturated carbocycles. The van der Waals surface area contributed by atoms with Crippen LogP contribution in [-0.2, 0) is 0 Å². The Bertz CT molecular complexity index is 1000. The van der Waals surface area contributed by atoms with E-state index in [-0.39, 0.29) is 11.7 Å². The van der Waals surface area contributed by atoms with E-state index in [0.29, 0.717) is 27.5 Å². The van der Waals surface area contributed by atoms with Crippen molar-refractivity contribution >= 4 is 40.4 Å². The number of nitrogens with zero attached hydrogens (tertiary/aromatic N) is 1. The quantitative estimate of drug-likeness (QED) is 0.594. The van der Waals surface area contributed by atoms with E-state index in [0.717, 1.165) is 11.3 Å². The van der Waals surface area contributed by atoms with Gasteiger partial charge in [-0.2, -0.15) is 0 Å². The summed E-state index contributed by atoms with van der Waals surface area (Å²) < 4.78 is 0. The van der Waals surface area contributed by atoms with Crippen LogP contribution in [0.25, 0.3) is 0 Å². The van der Waals surface area contributed by atoms with E-state index in [1.807, 2.05) is 25.1 Å². The fourth-order valence-corrected chi connectivity index (χ4v) is 2.68. The molecule has 0 radical (unpaired) electrons. The van der Waals surface area contributed by atoms with Gasteiger partial charge >= 0.3 is 0 Å². The molecule has 136 valence electrons. The highest BCUT2D eigenvalue weighted by molar-refractivity contribution is 6.30. The Kier molecular flexibility index (Phi) is 5.52. The van der Waals surface area contributed by atoms with Gasteiger partial charge in [-0.1, -0.05) is 17.7 Å². The van der Waals surface area contributed by atoms with Gasteiger partial charge in [-0.15, -0.1) is 0 Å². The van der Waals surface area contributed by atoms with Gasteiger partial charge in [0, 0.05) is 28.2 Å². The van der Waals surface area contributed by atoms with Crippen LogP contribution in [0.3, 0.4) is 0 Å². The highest BCUT2D eigenvalue weighted by Gasteiger charge is 2.09. The van der Waals surface area contributed by atoms with Gasteiger partial charge in [0.1, 0.15) is 0 Å². The second-order valence-corrected chi connectivity index (χ2v) is 6.57. The van der Waals surface area contributed by atoms with Crippen molar-refractivity contribution in [1.82, 2.24) is 4.98 Å². The molecule has 0 fully saturated rings. The molecule has 0 atom stereocenters. The molecule has 3 rings (SSSR count). The van der Waals surface area contributed by atoms with Gasteiger partial charge in [0.15, 0.2) is 5.78 Å². The average molecular weight is 380 g/mol. The Hall–Kier alpha value is -3.18. The summed E-state index contributed by atoms with van der Waals surface area (Å²) in [6.45, 7) is 3.47. The zero-order valence-corrected chi connectivity index (χ0v) is 15.7. The Labute approximate surface area is 162 Å². The van der Waals surface area contributed by atoms with Crippen molar-refractivity contribution in [1.29, 1.82) is 0 Å². The first kappa shape index (κ1) is 18.6. The minimum Gasteiger partial charge on any atom is -0.354 e. The van der Waals surface area contributed by atoms with Crippen LogP contribution < -0.4 is 10.6 Å². The van der Waals surface area contributed by atoms with Gasteiger partial charge in [-0.05, 0) is 61.9 Å². The summed E-state index contributed by atoms with van der Waals surface area (Å²) in [7, 11) is 0. The number of hydrogen-bond donors (Lipinski definition) is 2. The predicted molar refractivity (Wildman–Crippen MR) is 108 cm³/mol. The molecular weight excluding hydrogens is 362 g/mol. The van der Waals surface area contributed by atoms with Crippen molar-refractivity contribution in [3.05, 3.63) is 82.6 Å². The molecular formula is C21H18ClN3O2. The van der Waals surface area contributed by atoms with E-state index >= 15 is 0 Å². The van der Waals surface area contributed by atoms with Crippen molar-refractivity contribution in [2.24, 2.45) is 0 Å². The number of Topliss-reactive ketones (excluding diaryl/α,β-unsaturated/α-hetero) is 1. The van der Waals surface area contributed by atoms with Gasteiger partial charge in [-0.3, -0.25) is 14.6 Å². The van der Waals surface area contributed by atoms with Gasteiger partial charge in [-0.25, -0.2) is 0 Å². The van der Waals surface area contributed by atoms with E-state index < -0.39 is 0 Å². The topological polar surface area (TPSA) is 71.1 Å². The van der Waals surface area contributed by atoms with Crippen LogP contribution >= 0.6 is 11.6 Å². The van der Waals surface area contributed by atoms with E-state index in [1.54, 1.807) is 36.5 Å². The van der Waals surface area contributed by atoms with Crippen molar-refractivity contribution in [2.75, 3.05) is 10.6 Å². The number of rotatable bonds is 5. The van der Waals surface area contributed by atoms with Crippen LogP contribution in [0.1, 0.15) is 33.2 Å². The Morgan fingerprint density at radius 2 is 1.67 bits per heavy atom. The summed E-state index contributed by atoms with van der Waals surface area (Å²) in [5.41, 5.74) is 4.17. The Morgan fingerprint density at radius 3 is 2.37 bits per heavy atom. The van der Waals surface area contributed by atoms with Gasteiger partial charge < -0.3 is 10.6 Å². The third-order valence-electron chi connectivity index (χ3n) is 4.03. The monoisotopic (exact) mass is 379 g/mol. The van der Waals surface area contributed by atoms with Crippen molar-refractivity contribution < 1.29 is 9.59 Å². The molecule has 0 saturated heterocycles. The number of ketones is 1. The molecule has 0 aliphatic heterocycles. The lowest BCUT2D eigenvalue weighted by Crippen LogP contribution is -2.12. The normalized spacial score (nSPS) is 10.3. The van der Waals surface area contributed by atoms with E-state index in [4.69, 9.17) is 11.6 Å². The molecule has 0 unspecified atom stereocenters. The molecule has 0 spiro atoms. The molecule has 5 nitrogen and oxygen atoms in total. The molecule has 0 aliphatic rings. The lowest BCUT2D eigenvalue weighted by Gasteiger charge is -2.11. The van der Waals surface area contributed by atoms with Crippen LogP contribution in [0.2, 0.25) is 5.02 Å². The molecule has 2 N–H and O–H groups in total. The summed E-state index contributed by atoms with van der Waals surface area (Å²) in [5.74, 6) is -0.309. The summed E-state index contributed by atoms with van der Waals surface area (Å²) in [6.07, 6.45) is 3.13. The number of halogens is 1. The minimum atomic E-state index is -0.287. The highest BCUT2D eigenvalue weighted by atomic mass is 35.5. The maximum atomic E-state index is 12.5. The largest absolute Gasteiger partial charge is 0.354 e. The molecule has 27 heavy (non-hydrogen) atoms. The van der Waals surface area contributed by atoms with Crippen LogP contribution in [-0.4, -0.2) is 16.7 Å². The Balaban J connectivity index is 1.75. The number of benzene rings is 2. The van der Waals surface area contributed by atoms with Crippen LogP contribution in [0.5, 0.6) is 0 Å². The summed E-state index contributed by atoms with van der Waals surface area (Å²) in [4.78, 5) is 27.9. The molecule has 1 aromatic heterocycles. The number of hydrogen-bond acceptors (Lipinski definition) is 4. The molecule has 3 aromatic rings. The van der Waals surface area contributed by atoms with Crippen LogP contribution in [0.4, 0.5) is 17.1 Å². The lowest BCUT2D eigenvalue weighted by atomic mass is 10.1. The third kappa shape index (κ3) is 4.71. The number of aryl methyl sites for hydroxylation is 1. The second kappa shape index (κ2) is 8.01. The zero-order chi connectivity index (χ0) is 19.4. The zero-order valence-electron chi connectivity index (χ0n) is 14.9. The average Bonchev–Trinajstić information content (AvgIpc) is 2.65. The number of nitrogens with one attached hydrogen (secondary N) is 2. The summed E-state index contributed by atoms with van der Waals surface area (Å²) in [5, 5.41) is 6.65. The number of carbonyl (C=O) groups excluding carboxylic acids is 2. The third-order valence-corrected chi connectivity index (χ3v) is 4.26. The van der Waals surface area contributed by atoms with E-state index in [2.05, 4.69) is 15.6 Å². The molecule has 1 heterocycles. The number of aromatic nitrogens is 1. The highest BCUT2D eigenvalue weighted by Crippen LogP contribution is 2.24.